The van der Waals surface area contributed by atoms with Crippen molar-refractivity contribution < 1.29 is 4.79 Å². The van der Waals surface area contributed by atoms with Crippen molar-refractivity contribution in [2.24, 2.45) is 16.8 Å². The van der Waals surface area contributed by atoms with Gasteiger partial charge in [-0.15, -0.1) is 0 Å². The topological polar surface area (TPSA) is 106 Å². The van der Waals surface area contributed by atoms with Crippen LogP contribution in [0.25, 0.3) is 22.0 Å². The molecule has 1 fully saturated rings. The number of rotatable bonds is 5. The Kier molecular flexibility index (Phi) is 4.73. The van der Waals surface area contributed by atoms with Crippen molar-refractivity contribution in [1.29, 1.82) is 0 Å². The number of hydrogen-bond acceptors (Lipinski definition) is 6. The number of anilines is 2. The second kappa shape index (κ2) is 7.34. The van der Waals surface area contributed by atoms with Gasteiger partial charge in [0, 0.05) is 54.6 Å². The molecular weight excluding hydrogens is 352 g/mol. The van der Waals surface area contributed by atoms with Gasteiger partial charge in [0.05, 0.1) is 5.69 Å². The van der Waals surface area contributed by atoms with E-state index in [0.717, 1.165) is 40.4 Å². The minimum atomic E-state index is -0.0282. The molecule has 0 aromatic carbocycles. The van der Waals surface area contributed by atoms with Crippen LogP contribution in [0.1, 0.15) is 18.9 Å². The molecule has 28 heavy (non-hydrogen) atoms. The number of carbonyl (C=O) groups is 1. The highest BCUT2D eigenvalue weighted by Crippen LogP contribution is 2.38. The minimum Gasteiger partial charge on any atom is -0.383 e. The molecule has 1 amide bonds. The maximum absolute atomic E-state index is 12.4. The Balaban J connectivity index is 1.66. The molecule has 0 bridgehead atoms. The molecule has 0 spiro atoms. The van der Waals surface area contributed by atoms with Gasteiger partial charge in [0.25, 0.3) is 0 Å². The highest BCUT2D eigenvalue weighted by Gasteiger charge is 2.41. The van der Waals surface area contributed by atoms with Crippen LogP contribution >= 0.6 is 0 Å². The first kappa shape index (κ1) is 18.0. The van der Waals surface area contributed by atoms with E-state index in [9.17, 15) is 4.79 Å². The predicted octanol–water partition coefficient (Wildman–Crippen LogP) is 3.11. The van der Waals surface area contributed by atoms with Gasteiger partial charge < -0.3 is 16.0 Å². The van der Waals surface area contributed by atoms with Crippen LogP contribution in [0.3, 0.4) is 0 Å². The molecule has 4 rings (SSSR count). The number of amides is 1. The number of carbonyl (C=O) groups excluding carboxylic acids is 1. The quantitative estimate of drug-likeness (QED) is 0.668. The summed E-state index contributed by atoms with van der Waals surface area (Å²) >= 11 is 0. The lowest BCUT2D eigenvalue weighted by Crippen LogP contribution is -2.16. The van der Waals surface area contributed by atoms with Crippen molar-refractivity contribution in [3.63, 3.8) is 0 Å². The summed E-state index contributed by atoms with van der Waals surface area (Å²) in [5, 5.41) is 4.53. The summed E-state index contributed by atoms with van der Waals surface area (Å²) in [6, 6.07) is 5.78. The van der Waals surface area contributed by atoms with E-state index in [2.05, 4.69) is 32.2 Å². The average molecular weight is 374 g/mol. The number of aryl methyl sites for hydroxylation is 1. The molecule has 0 saturated heterocycles. The Morgan fingerprint density at radius 2 is 2.25 bits per heavy atom. The molecule has 0 aliphatic heterocycles. The molecule has 7 nitrogen and oxygen atoms in total. The summed E-state index contributed by atoms with van der Waals surface area (Å²) in [7, 11) is 1.72. The summed E-state index contributed by atoms with van der Waals surface area (Å²) in [5.74, 6) is 1.09. The summed E-state index contributed by atoms with van der Waals surface area (Å²) < 4.78 is 0. The fourth-order valence-electron chi connectivity index (χ4n) is 3.43. The first-order valence-corrected chi connectivity index (χ1v) is 9.33. The molecule has 0 radical (unpaired) electrons. The Bertz CT molecular complexity index is 1080. The lowest BCUT2D eigenvalue weighted by atomic mass is 10.0. The Morgan fingerprint density at radius 1 is 1.39 bits per heavy atom. The molecule has 3 aromatic rings. The first-order valence-electron chi connectivity index (χ1n) is 9.33. The molecule has 1 aliphatic carbocycles. The van der Waals surface area contributed by atoms with Crippen LogP contribution in [0, 0.1) is 11.8 Å². The average Bonchev–Trinajstić information content (AvgIpc) is 3.47. The van der Waals surface area contributed by atoms with Crippen molar-refractivity contribution in [2.75, 3.05) is 18.1 Å². The van der Waals surface area contributed by atoms with E-state index in [1.807, 2.05) is 24.4 Å². The van der Waals surface area contributed by atoms with Crippen molar-refractivity contribution in [3.8, 4) is 11.3 Å². The van der Waals surface area contributed by atoms with Gasteiger partial charge >= 0.3 is 0 Å². The molecule has 1 aliphatic rings. The first-order chi connectivity index (χ1) is 13.6. The number of nitrogens with zero attached hydrogens (tertiary/aromatic N) is 4. The number of aliphatic imine (C=N–C) groups is 1. The summed E-state index contributed by atoms with van der Waals surface area (Å²) in [6.07, 6.45) is 8.77. The van der Waals surface area contributed by atoms with E-state index < -0.39 is 0 Å². The number of nitrogens with two attached hydrogens (primary N) is 1. The van der Waals surface area contributed by atoms with Gasteiger partial charge in [0.1, 0.15) is 11.6 Å². The Hall–Kier alpha value is -3.35. The lowest BCUT2D eigenvalue weighted by molar-refractivity contribution is -0.117. The Labute approximate surface area is 163 Å². The van der Waals surface area contributed by atoms with Gasteiger partial charge in [-0.25, -0.2) is 9.97 Å². The van der Waals surface area contributed by atoms with Gasteiger partial charge in [-0.3, -0.25) is 9.78 Å². The van der Waals surface area contributed by atoms with Crippen LogP contribution in [0.2, 0.25) is 0 Å². The monoisotopic (exact) mass is 374 g/mol. The molecule has 3 N–H and O–H groups in total. The van der Waals surface area contributed by atoms with Crippen LogP contribution in [0.4, 0.5) is 11.6 Å². The Morgan fingerprint density at radius 3 is 3.04 bits per heavy atom. The van der Waals surface area contributed by atoms with Gasteiger partial charge in [-0.2, -0.15) is 0 Å². The molecule has 1 saturated carbocycles. The highest BCUT2D eigenvalue weighted by atomic mass is 16.2. The summed E-state index contributed by atoms with van der Waals surface area (Å²) in [6.45, 7) is 2.09. The number of fused-ring (bicyclic) bond motifs is 1. The number of nitrogen functional groups attached to an aromatic ring is 1. The standard InChI is InChI=1S/C21H22N6O/c1-3-12-4-5-24-10-16(12)18-7-13-8-19(25-11-17(13)20(22)26-18)27-21(28)15-6-14(15)9-23-2/h4-5,7-11,14-15H,3,6H2,1-2H3,(H2,22,26)(H,25,27,28)/t14-,15-/m1/s1. The maximum Gasteiger partial charge on any atom is 0.229 e. The third-order valence-electron chi connectivity index (χ3n) is 5.08. The van der Waals surface area contributed by atoms with Crippen molar-refractivity contribution in [2.45, 2.75) is 19.8 Å². The molecule has 2 atom stereocenters. The maximum atomic E-state index is 12.4. The summed E-state index contributed by atoms with van der Waals surface area (Å²) in [5.41, 5.74) is 9.05. The van der Waals surface area contributed by atoms with Crippen molar-refractivity contribution in [3.05, 3.63) is 42.4 Å². The zero-order valence-corrected chi connectivity index (χ0v) is 15.9. The number of aromatic nitrogens is 3. The zero-order chi connectivity index (χ0) is 19.7. The van der Waals surface area contributed by atoms with Gasteiger partial charge in [0.15, 0.2) is 0 Å². The third kappa shape index (κ3) is 3.43. The number of pyridine rings is 3. The normalized spacial score (nSPS) is 18.5. The van der Waals surface area contributed by atoms with Gasteiger partial charge in [-0.1, -0.05) is 6.92 Å². The molecule has 7 heteroatoms. The van der Waals surface area contributed by atoms with E-state index in [1.54, 1.807) is 25.6 Å². The van der Waals surface area contributed by atoms with Crippen molar-refractivity contribution >= 4 is 34.5 Å². The fourth-order valence-corrected chi connectivity index (χ4v) is 3.43. The minimum absolute atomic E-state index is 0.0261. The third-order valence-corrected chi connectivity index (χ3v) is 5.08. The zero-order valence-electron chi connectivity index (χ0n) is 15.9. The van der Waals surface area contributed by atoms with Crippen molar-refractivity contribution in [1.82, 2.24) is 15.0 Å². The van der Waals surface area contributed by atoms with Crippen LogP contribution in [0.15, 0.2) is 41.8 Å². The van der Waals surface area contributed by atoms with E-state index in [0.29, 0.717) is 11.6 Å². The van der Waals surface area contributed by atoms with Crippen LogP contribution in [-0.2, 0) is 11.2 Å². The van der Waals surface area contributed by atoms with Crippen LogP contribution < -0.4 is 11.1 Å². The van der Waals surface area contributed by atoms with E-state index >= 15 is 0 Å². The van der Waals surface area contributed by atoms with E-state index in [-0.39, 0.29) is 17.7 Å². The summed E-state index contributed by atoms with van der Waals surface area (Å²) in [4.78, 5) is 29.5. The largest absolute Gasteiger partial charge is 0.383 e. The lowest BCUT2D eigenvalue weighted by Gasteiger charge is -2.11. The van der Waals surface area contributed by atoms with Crippen LogP contribution in [0.5, 0.6) is 0 Å². The molecular formula is C21H22N6O. The smallest absolute Gasteiger partial charge is 0.229 e. The van der Waals surface area contributed by atoms with Gasteiger partial charge in [-0.05, 0) is 42.0 Å². The fraction of sp³-hybridized carbons (Fsp3) is 0.286. The SMILES string of the molecule is CCc1ccncc1-c1cc2cc(NC(=O)[C@@H]3C[C@@H]3C=NC)ncc2c(N)n1. The van der Waals surface area contributed by atoms with E-state index in [4.69, 9.17) is 5.73 Å². The second-order valence-electron chi connectivity index (χ2n) is 6.97. The second-order valence-corrected chi connectivity index (χ2v) is 6.97. The molecule has 142 valence electrons. The molecule has 0 unspecified atom stereocenters. The predicted molar refractivity (Wildman–Crippen MR) is 111 cm³/mol. The number of nitrogens with one attached hydrogen (secondary N) is 1. The number of hydrogen-bond donors (Lipinski definition) is 2. The molecule has 3 aromatic heterocycles. The van der Waals surface area contributed by atoms with Gasteiger partial charge in [0.2, 0.25) is 5.91 Å². The van der Waals surface area contributed by atoms with E-state index in [1.165, 1.54) is 0 Å². The molecule has 3 heterocycles. The van der Waals surface area contributed by atoms with Crippen LogP contribution in [-0.4, -0.2) is 34.1 Å². The highest BCUT2D eigenvalue weighted by molar-refractivity contribution is 5.99.